The largest absolute Gasteiger partial charge is 0.394 e. The average molecular weight is 351 g/mol. The van der Waals surface area contributed by atoms with E-state index in [2.05, 4.69) is 32.2 Å². The number of benzene rings is 1. The predicted molar refractivity (Wildman–Crippen MR) is 83.9 cm³/mol. The summed E-state index contributed by atoms with van der Waals surface area (Å²) in [7, 11) is 0. The van der Waals surface area contributed by atoms with Crippen LogP contribution in [0.2, 0.25) is 0 Å². The number of fused-ring (bicyclic) bond motifs is 3. The van der Waals surface area contributed by atoms with E-state index in [1.54, 1.807) is 0 Å². The minimum Gasteiger partial charge on any atom is -0.394 e. The van der Waals surface area contributed by atoms with Crippen molar-refractivity contribution in [3.05, 3.63) is 28.2 Å². The lowest BCUT2D eigenvalue weighted by Crippen LogP contribution is -2.43. The van der Waals surface area contributed by atoms with Crippen LogP contribution in [0.5, 0.6) is 0 Å². The summed E-state index contributed by atoms with van der Waals surface area (Å²) in [6, 6.07) is 6.31. The van der Waals surface area contributed by atoms with Crippen LogP contribution in [0.15, 0.2) is 22.7 Å². The quantitative estimate of drug-likeness (QED) is 0.861. The number of aliphatic hydroxyl groups is 1. The lowest BCUT2D eigenvalue weighted by Gasteiger charge is -2.39. The molecule has 0 aromatic heterocycles. The minimum atomic E-state index is 0.0423. The molecular formula is C16H19BrN2O2. The average Bonchev–Trinajstić information content (AvgIpc) is 3.24. The summed E-state index contributed by atoms with van der Waals surface area (Å²) in [5.41, 5.74) is 2.24. The van der Waals surface area contributed by atoms with Crippen LogP contribution in [0.3, 0.4) is 0 Å². The SMILES string of the molecule is O=C(C1CC1)N1CC[C@@H]2[C@@H](CO)Nc3ccc(Br)cc3[C@@H]21. The number of aliphatic hydroxyl groups excluding tert-OH is 1. The van der Waals surface area contributed by atoms with Gasteiger partial charge in [-0.15, -0.1) is 0 Å². The summed E-state index contributed by atoms with van der Waals surface area (Å²) in [6.45, 7) is 0.928. The van der Waals surface area contributed by atoms with Crippen LogP contribution < -0.4 is 5.32 Å². The maximum Gasteiger partial charge on any atom is 0.226 e. The molecule has 21 heavy (non-hydrogen) atoms. The fraction of sp³-hybridized carbons (Fsp3) is 0.562. The normalized spacial score (nSPS) is 30.6. The Balaban J connectivity index is 1.75. The second-order valence-electron chi connectivity index (χ2n) is 6.37. The number of amides is 1. The van der Waals surface area contributed by atoms with Crippen LogP contribution in [0.1, 0.15) is 30.9 Å². The number of rotatable bonds is 2. The van der Waals surface area contributed by atoms with Gasteiger partial charge in [-0.1, -0.05) is 15.9 Å². The number of halogens is 1. The van der Waals surface area contributed by atoms with E-state index in [9.17, 15) is 9.90 Å². The molecule has 0 unspecified atom stereocenters. The molecule has 2 fully saturated rings. The molecule has 4 rings (SSSR count). The fourth-order valence-electron chi connectivity index (χ4n) is 3.85. The summed E-state index contributed by atoms with van der Waals surface area (Å²) >= 11 is 3.54. The molecule has 3 aliphatic rings. The number of hydrogen-bond donors (Lipinski definition) is 2. The van der Waals surface area contributed by atoms with Gasteiger partial charge in [0, 0.05) is 28.5 Å². The summed E-state index contributed by atoms with van der Waals surface area (Å²) in [4.78, 5) is 14.7. The van der Waals surface area contributed by atoms with E-state index in [0.717, 1.165) is 36.0 Å². The van der Waals surface area contributed by atoms with Crippen LogP contribution in [0, 0.1) is 11.8 Å². The first-order valence-electron chi connectivity index (χ1n) is 7.66. The van der Waals surface area contributed by atoms with E-state index in [1.807, 2.05) is 12.1 Å². The molecule has 0 spiro atoms. The zero-order valence-corrected chi connectivity index (χ0v) is 13.3. The van der Waals surface area contributed by atoms with Gasteiger partial charge in [0.15, 0.2) is 0 Å². The number of nitrogens with one attached hydrogen (secondary N) is 1. The van der Waals surface area contributed by atoms with E-state index < -0.39 is 0 Å². The van der Waals surface area contributed by atoms with Gasteiger partial charge in [-0.25, -0.2) is 0 Å². The lowest BCUT2D eigenvalue weighted by atomic mass is 9.83. The first-order chi connectivity index (χ1) is 10.2. The summed E-state index contributed by atoms with van der Waals surface area (Å²) in [6.07, 6.45) is 3.05. The minimum absolute atomic E-state index is 0.0423. The molecule has 1 aliphatic carbocycles. The van der Waals surface area contributed by atoms with Crippen LogP contribution in [0.25, 0.3) is 0 Å². The second kappa shape index (κ2) is 4.99. The second-order valence-corrected chi connectivity index (χ2v) is 7.28. The Bertz CT molecular complexity index is 588. The third-order valence-corrected chi connectivity index (χ3v) is 5.53. The molecule has 2 heterocycles. The maximum atomic E-state index is 12.6. The van der Waals surface area contributed by atoms with Gasteiger partial charge in [0.2, 0.25) is 5.91 Å². The number of anilines is 1. The third-order valence-electron chi connectivity index (χ3n) is 5.04. The Morgan fingerprint density at radius 3 is 2.90 bits per heavy atom. The zero-order chi connectivity index (χ0) is 14.6. The molecule has 1 saturated heterocycles. The highest BCUT2D eigenvalue weighted by molar-refractivity contribution is 9.10. The van der Waals surface area contributed by atoms with Crippen molar-refractivity contribution in [3.8, 4) is 0 Å². The molecule has 3 atom stereocenters. The maximum absolute atomic E-state index is 12.6. The molecular weight excluding hydrogens is 332 g/mol. The highest BCUT2D eigenvalue weighted by atomic mass is 79.9. The molecule has 1 amide bonds. The van der Waals surface area contributed by atoms with Crippen molar-refractivity contribution in [1.82, 2.24) is 4.90 Å². The smallest absolute Gasteiger partial charge is 0.226 e. The van der Waals surface area contributed by atoms with E-state index in [1.165, 1.54) is 5.56 Å². The summed E-state index contributed by atoms with van der Waals surface area (Å²) in [5, 5.41) is 13.1. The third kappa shape index (κ3) is 2.18. The number of carbonyl (C=O) groups excluding carboxylic acids is 1. The van der Waals surface area contributed by atoms with Gasteiger partial charge in [0.05, 0.1) is 18.7 Å². The van der Waals surface area contributed by atoms with E-state index in [0.29, 0.717) is 11.8 Å². The number of carbonyl (C=O) groups is 1. The van der Waals surface area contributed by atoms with E-state index in [-0.39, 0.29) is 24.6 Å². The first-order valence-corrected chi connectivity index (χ1v) is 8.45. The Morgan fingerprint density at radius 2 is 2.19 bits per heavy atom. The van der Waals surface area contributed by atoms with E-state index in [4.69, 9.17) is 0 Å². The fourth-order valence-corrected chi connectivity index (χ4v) is 4.22. The molecule has 0 bridgehead atoms. The van der Waals surface area contributed by atoms with Gasteiger partial charge in [0.25, 0.3) is 0 Å². The van der Waals surface area contributed by atoms with Gasteiger partial charge in [-0.05, 0) is 43.0 Å². The van der Waals surface area contributed by atoms with Crippen LogP contribution in [0.4, 0.5) is 5.69 Å². The van der Waals surface area contributed by atoms with Crippen LogP contribution in [-0.2, 0) is 4.79 Å². The van der Waals surface area contributed by atoms with Gasteiger partial charge in [-0.2, -0.15) is 0 Å². The molecule has 5 heteroatoms. The molecule has 2 aliphatic heterocycles. The number of nitrogens with zero attached hydrogens (tertiary/aromatic N) is 1. The van der Waals surface area contributed by atoms with Crippen molar-refractivity contribution >= 4 is 27.5 Å². The van der Waals surface area contributed by atoms with Crippen LogP contribution in [-0.4, -0.2) is 35.1 Å². The predicted octanol–water partition coefficient (Wildman–Crippen LogP) is 2.54. The molecule has 4 nitrogen and oxygen atoms in total. The van der Waals surface area contributed by atoms with Crippen molar-refractivity contribution in [1.29, 1.82) is 0 Å². The Morgan fingerprint density at radius 1 is 1.38 bits per heavy atom. The van der Waals surface area contributed by atoms with Gasteiger partial charge in [0.1, 0.15) is 0 Å². The molecule has 2 N–H and O–H groups in total. The molecule has 1 aromatic carbocycles. The molecule has 112 valence electrons. The van der Waals surface area contributed by atoms with Gasteiger partial charge < -0.3 is 15.3 Å². The monoisotopic (exact) mass is 350 g/mol. The highest BCUT2D eigenvalue weighted by Gasteiger charge is 2.48. The van der Waals surface area contributed by atoms with Crippen molar-refractivity contribution in [2.75, 3.05) is 18.5 Å². The van der Waals surface area contributed by atoms with Crippen molar-refractivity contribution in [3.63, 3.8) is 0 Å². The Hall–Kier alpha value is -1.07. The van der Waals surface area contributed by atoms with Crippen molar-refractivity contribution in [2.24, 2.45) is 11.8 Å². The Labute approximate surface area is 132 Å². The zero-order valence-electron chi connectivity index (χ0n) is 11.8. The molecule has 1 saturated carbocycles. The summed E-state index contributed by atoms with van der Waals surface area (Å²) in [5.74, 6) is 0.869. The Kier molecular flexibility index (Phi) is 3.23. The number of likely N-dealkylation sites (tertiary alicyclic amines) is 1. The van der Waals surface area contributed by atoms with Crippen molar-refractivity contribution < 1.29 is 9.90 Å². The first kappa shape index (κ1) is 13.6. The molecule has 0 radical (unpaired) electrons. The highest BCUT2D eigenvalue weighted by Crippen LogP contribution is 2.48. The van der Waals surface area contributed by atoms with E-state index >= 15 is 0 Å². The van der Waals surface area contributed by atoms with Gasteiger partial charge in [-0.3, -0.25) is 4.79 Å². The lowest BCUT2D eigenvalue weighted by molar-refractivity contribution is -0.134. The number of hydrogen-bond acceptors (Lipinski definition) is 3. The standard InChI is InChI=1S/C16H19BrN2O2/c17-10-3-4-13-12(7-10)15-11(14(8-20)18-13)5-6-19(15)16(21)9-1-2-9/h3-4,7,9,11,14-15,18,20H,1-2,5-6,8H2/t11-,14-,15-/m1/s1. The topological polar surface area (TPSA) is 52.6 Å². The van der Waals surface area contributed by atoms with Crippen molar-refractivity contribution in [2.45, 2.75) is 31.3 Å². The summed E-state index contributed by atoms with van der Waals surface area (Å²) < 4.78 is 1.04. The van der Waals surface area contributed by atoms with Gasteiger partial charge >= 0.3 is 0 Å². The van der Waals surface area contributed by atoms with Crippen LogP contribution >= 0.6 is 15.9 Å². The molecule has 1 aromatic rings.